The van der Waals surface area contributed by atoms with Gasteiger partial charge in [-0.15, -0.1) is 13.2 Å². The lowest BCUT2D eigenvalue weighted by atomic mass is 9.97. The zero-order valence-electron chi connectivity index (χ0n) is 11.7. The number of rotatable bonds is 4. The highest BCUT2D eigenvalue weighted by Crippen LogP contribution is 2.32. The first kappa shape index (κ1) is 15.2. The predicted octanol–water partition coefficient (Wildman–Crippen LogP) is 4.11. The lowest BCUT2D eigenvalue weighted by Gasteiger charge is -2.21. The van der Waals surface area contributed by atoms with Gasteiger partial charge in [-0.25, -0.2) is 0 Å². The molecule has 20 heavy (non-hydrogen) atoms. The summed E-state index contributed by atoms with van der Waals surface area (Å²) in [4.78, 5) is 0. The maximum Gasteiger partial charge on any atom is 0.573 e. The largest absolute Gasteiger partial charge is 0.573 e. The number of halogens is 3. The van der Waals surface area contributed by atoms with E-state index in [1.54, 1.807) is 18.2 Å². The van der Waals surface area contributed by atoms with Crippen LogP contribution in [0.4, 0.5) is 13.2 Å². The summed E-state index contributed by atoms with van der Waals surface area (Å²) in [5.74, 6) is 1.09. The molecule has 1 aliphatic carbocycles. The molecule has 0 aromatic heterocycles. The number of hydrogen-bond acceptors (Lipinski definition) is 2. The van der Waals surface area contributed by atoms with Crippen molar-refractivity contribution in [2.24, 2.45) is 11.8 Å². The minimum absolute atomic E-state index is 0.119. The van der Waals surface area contributed by atoms with Crippen molar-refractivity contribution in [3.05, 3.63) is 29.8 Å². The standard InChI is InChI=1S/C15H20F3NO/c1-10-7-8-13(11(10)2)19-9-12-5-3-4-6-14(12)20-15(16,17)18/h3-6,10-11,13,19H,7-9H2,1-2H3. The van der Waals surface area contributed by atoms with Gasteiger partial charge in [-0.2, -0.15) is 0 Å². The van der Waals surface area contributed by atoms with Crippen molar-refractivity contribution in [1.82, 2.24) is 5.32 Å². The molecular formula is C15H20F3NO. The van der Waals surface area contributed by atoms with Crippen LogP contribution in [-0.4, -0.2) is 12.4 Å². The van der Waals surface area contributed by atoms with Crippen LogP contribution in [0.2, 0.25) is 0 Å². The Hall–Kier alpha value is -1.23. The molecule has 1 saturated carbocycles. The number of ether oxygens (including phenoxy) is 1. The van der Waals surface area contributed by atoms with Crippen molar-refractivity contribution >= 4 is 0 Å². The van der Waals surface area contributed by atoms with E-state index in [0.717, 1.165) is 6.42 Å². The molecule has 5 heteroatoms. The van der Waals surface area contributed by atoms with E-state index >= 15 is 0 Å². The van der Waals surface area contributed by atoms with Gasteiger partial charge in [0.25, 0.3) is 0 Å². The topological polar surface area (TPSA) is 21.3 Å². The Morgan fingerprint density at radius 2 is 1.90 bits per heavy atom. The molecule has 0 amide bonds. The van der Waals surface area contributed by atoms with Crippen molar-refractivity contribution in [2.75, 3.05) is 0 Å². The normalized spacial score (nSPS) is 26.8. The molecule has 0 bridgehead atoms. The average molecular weight is 287 g/mol. The van der Waals surface area contributed by atoms with Crippen LogP contribution >= 0.6 is 0 Å². The molecule has 3 unspecified atom stereocenters. The molecule has 1 fully saturated rings. The summed E-state index contributed by atoms with van der Waals surface area (Å²) in [5.41, 5.74) is 0.538. The van der Waals surface area contributed by atoms with Crippen LogP contribution in [0.1, 0.15) is 32.3 Å². The zero-order valence-corrected chi connectivity index (χ0v) is 11.7. The summed E-state index contributed by atoms with van der Waals surface area (Å²) in [6.07, 6.45) is -2.41. The number of benzene rings is 1. The van der Waals surface area contributed by atoms with E-state index < -0.39 is 6.36 Å². The zero-order chi connectivity index (χ0) is 14.8. The Morgan fingerprint density at radius 3 is 2.50 bits per heavy atom. The van der Waals surface area contributed by atoms with Crippen LogP contribution in [0.25, 0.3) is 0 Å². The molecule has 2 nitrogen and oxygen atoms in total. The monoisotopic (exact) mass is 287 g/mol. The smallest absolute Gasteiger partial charge is 0.405 e. The quantitative estimate of drug-likeness (QED) is 0.900. The summed E-state index contributed by atoms with van der Waals surface area (Å²) in [6, 6.07) is 6.65. The molecule has 0 saturated heterocycles. The summed E-state index contributed by atoms with van der Waals surface area (Å²) in [7, 11) is 0. The molecule has 112 valence electrons. The SMILES string of the molecule is CC1CCC(NCc2ccccc2OC(F)(F)F)C1C. The fourth-order valence-electron chi connectivity index (χ4n) is 2.77. The van der Waals surface area contributed by atoms with Crippen molar-refractivity contribution < 1.29 is 17.9 Å². The van der Waals surface area contributed by atoms with Gasteiger partial charge in [0.1, 0.15) is 5.75 Å². The minimum atomic E-state index is -4.65. The van der Waals surface area contributed by atoms with Gasteiger partial charge in [0.15, 0.2) is 0 Å². The maximum atomic E-state index is 12.3. The van der Waals surface area contributed by atoms with Gasteiger partial charge in [0.05, 0.1) is 0 Å². The summed E-state index contributed by atoms with van der Waals surface area (Å²) in [6.45, 7) is 4.80. The van der Waals surface area contributed by atoms with Crippen molar-refractivity contribution in [1.29, 1.82) is 0 Å². The second kappa shape index (κ2) is 6.04. The fraction of sp³-hybridized carbons (Fsp3) is 0.600. The highest BCUT2D eigenvalue weighted by atomic mass is 19.4. The third-order valence-electron chi connectivity index (χ3n) is 4.22. The van der Waals surface area contributed by atoms with E-state index in [4.69, 9.17) is 0 Å². The van der Waals surface area contributed by atoms with E-state index in [0.29, 0.717) is 30.0 Å². The third-order valence-corrected chi connectivity index (χ3v) is 4.22. The Labute approximate surface area is 117 Å². The molecule has 0 aliphatic heterocycles. The van der Waals surface area contributed by atoms with Gasteiger partial charge < -0.3 is 10.1 Å². The van der Waals surface area contributed by atoms with Gasteiger partial charge in [0, 0.05) is 18.2 Å². The fourth-order valence-corrected chi connectivity index (χ4v) is 2.77. The van der Waals surface area contributed by atoms with Crippen molar-refractivity contribution in [3.63, 3.8) is 0 Å². The molecule has 0 heterocycles. The highest BCUT2D eigenvalue weighted by molar-refractivity contribution is 5.33. The van der Waals surface area contributed by atoms with E-state index in [-0.39, 0.29) is 5.75 Å². The van der Waals surface area contributed by atoms with E-state index in [1.165, 1.54) is 12.5 Å². The molecule has 3 atom stereocenters. The number of nitrogens with one attached hydrogen (secondary N) is 1. The summed E-state index contributed by atoms with van der Waals surface area (Å²) in [5, 5.41) is 3.36. The Bertz CT molecular complexity index is 447. The first-order valence-electron chi connectivity index (χ1n) is 6.94. The van der Waals surface area contributed by atoms with Gasteiger partial charge in [-0.3, -0.25) is 0 Å². The predicted molar refractivity (Wildman–Crippen MR) is 71.3 cm³/mol. The average Bonchev–Trinajstić information content (AvgIpc) is 2.67. The molecule has 1 aromatic carbocycles. The van der Waals surface area contributed by atoms with Crippen LogP contribution in [-0.2, 0) is 6.54 Å². The van der Waals surface area contributed by atoms with Crippen LogP contribution in [0.15, 0.2) is 24.3 Å². The molecule has 1 aromatic rings. The first-order chi connectivity index (χ1) is 9.37. The molecule has 1 N–H and O–H groups in total. The second-order valence-corrected chi connectivity index (χ2v) is 5.56. The number of hydrogen-bond donors (Lipinski definition) is 1. The molecule has 2 rings (SSSR count). The minimum Gasteiger partial charge on any atom is -0.405 e. The van der Waals surface area contributed by atoms with Crippen LogP contribution in [0.3, 0.4) is 0 Å². The Balaban J connectivity index is 1.99. The van der Waals surface area contributed by atoms with Crippen LogP contribution in [0, 0.1) is 11.8 Å². The Morgan fingerprint density at radius 1 is 1.20 bits per heavy atom. The van der Waals surface area contributed by atoms with Crippen molar-refractivity contribution in [3.8, 4) is 5.75 Å². The highest BCUT2D eigenvalue weighted by Gasteiger charge is 2.32. The molecule has 0 spiro atoms. The van der Waals surface area contributed by atoms with Crippen LogP contribution < -0.4 is 10.1 Å². The van der Waals surface area contributed by atoms with Gasteiger partial charge in [-0.05, 0) is 30.7 Å². The number of para-hydroxylation sites is 1. The maximum absolute atomic E-state index is 12.3. The lowest BCUT2D eigenvalue weighted by Crippen LogP contribution is -2.32. The van der Waals surface area contributed by atoms with E-state index in [9.17, 15) is 13.2 Å². The van der Waals surface area contributed by atoms with Crippen molar-refractivity contribution in [2.45, 2.75) is 45.6 Å². The van der Waals surface area contributed by atoms with Crippen LogP contribution in [0.5, 0.6) is 5.75 Å². The first-order valence-corrected chi connectivity index (χ1v) is 6.94. The van der Waals surface area contributed by atoms with E-state index in [2.05, 4.69) is 23.9 Å². The van der Waals surface area contributed by atoms with Gasteiger partial charge in [0.2, 0.25) is 0 Å². The second-order valence-electron chi connectivity index (χ2n) is 5.56. The Kier molecular flexibility index (Phi) is 4.58. The van der Waals surface area contributed by atoms with Gasteiger partial charge in [-0.1, -0.05) is 32.0 Å². The molecule has 1 aliphatic rings. The van der Waals surface area contributed by atoms with Gasteiger partial charge >= 0.3 is 6.36 Å². The number of alkyl halides is 3. The molecular weight excluding hydrogens is 267 g/mol. The molecule has 0 radical (unpaired) electrons. The van der Waals surface area contributed by atoms with E-state index in [1.807, 2.05) is 0 Å². The lowest BCUT2D eigenvalue weighted by molar-refractivity contribution is -0.274. The summed E-state index contributed by atoms with van der Waals surface area (Å²) >= 11 is 0. The third kappa shape index (κ3) is 3.88. The summed E-state index contributed by atoms with van der Waals surface area (Å²) < 4.78 is 41.1.